The Labute approximate surface area is 104 Å². The van der Waals surface area contributed by atoms with E-state index < -0.39 is 0 Å². The highest BCUT2D eigenvalue weighted by Crippen LogP contribution is 2.20. The molecule has 0 atom stereocenters. The van der Waals surface area contributed by atoms with Crippen molar-refractivity contribution in [3.8, 4) is 0 Å². The zero-order chi connectivity index (χ0) is 12.5. The standard InChI is InChI=1S/C14H13NO3/c16-12(13-5-2-8-18-13)9-15-11-4-1-3-10(11)6-7-14(15)17/h2,5-8H,1,3-4,9H2. The predicted octanol–water partition coefficient (Wildman–Crippen LogP) is 1.81. The van der Waals surface area contributed by atoms with Crippen molar-refractivity contribution < 1.29 is 9.21 Å². The van der Waals surface area contributed by atoms with Gasteiger partial charge in [0, 0.05) is 11.8 Å². The van der Waals surface area contributed by atoms with Crippen molar-refractivity contribution in [1.82, 2.24) is 4.57 Å². The zero-order valence-electron chi connectivity index (χ0n) is 9.89. The second kappa shape index (κ2) is 4.29. The highest BCUT2D eigenvalue weighted by molar-refractivity contribution is 5.93. The molecule has 0 saturated carbocycles. The van der Waals surface area contributed by atoms with Gasteiger partial charge in [0.25, 0.3) is 5.56 Å². The Kier molecular flexibility index (Phi) is 2.63. The molecule has 0 bridgehead atoms. The minimum absolute atomic E-state index is 0.0650. The van der Waals surface area contributed by atoms with Crippen LogP contribution in [0.1, 0.15) is 28.2 Å². The van der Waals surface area contributed by atoms with Gasteiger partial charge in [0.05, 0.1) is 12.8 Å². The Balaban J connectivity index is 1.96. The van der Waals surface area contributed by atoms with Crippen molar-refractivity contribution in [2.24, 2.45) is 0 Å². The lowest BCUT2D eigenvalue weighted by atomic mass is 10.2. The summed E-state index contributed by atoms with van der Waals surface area (Å²) >= 11 is 0. The molecule has 2 heterocycles. The predicted molar refractivity (Wildman–Crippen MR) is 65.8 cm³/mol. The monoisotopic (exact) mass is 243 g/mol. The molecule has 2 aromatic rings. The summed E-state index contributed by atoms with van der Waals surface area (Å²) in [5.41, 5.74) is 2.07. The van der Waals surface area contributed by atoms with Crippen molar-refractivity contribution in [1.29, 1.82) is 0 Å². The van der Waals surface area contributed by atoms with E-state index in [4.69, 9.17) is 4.42 Å². The van der Waals surface area contributed by atoms with Crippen molar-refractivity contribution in [2.45, 2.75) is 25.8 Å². The molecule has 0 amide bonds. The van der Waals surface area contributed by atoms with E-state index in [1.165, 1.54) is 11.8 Å². The number of pyridine rings is 1. The first-order valence-electron chi connectivity index (χ1n) is 6.04. The fourth-order valence-corrected chi connectivity index (χ4v) is 2.47. The molecule has 1 aliphatic rings. The van der Waals surface area contributed by atoms with Gasteiger partial charge in [-0.2, -0.15) is 0 Å². The molecule has 0 radical (unpaired) electrons. The van der Waals surface area contributed by atoms with Crippen LogP contribution in [0.2, 0.25) is 0 Å². The molecule has 0 spiro atoms. The van der Waals surface area contributed by atoms with E-state index in [0.29, 0.717) is 5.76 Å². The number of Topliss-reactive ketones (excluding diaryl/α,β-unsaturated/α-hetero) is 1. The number of carbonyl (C=O) groups is 1. The Morgan fingerprint density at radius 3 is 2.94 bits per heavy atom. The molecule has 0 saturated heterocycles. The minimum atomic E-state index is -0.164. The number of aromatic nitrogens is 1. The number of rotatable bonds is 3. The van der Waals surface area contributed by atoms with Crippen LogP contribution < -0.4 is 5.56 Å². The van der Waals surface area contributed by atoms with Gasteiger partial charge < -0.3 is 8.98 Å². The number of aryl methyl sites for hydroxylation is 1. The van der Waals surface area contributed by atoms with Crippen molar-refractivity contribution >= 4 is 5.78 Å². The quantitative estimate of drug-likeness (QED) is 0.772. The van der Waals surface area contributed by atoms with Gasteiger partial charge in [0.2, 0.25) is 5.78 Å². The molecule has 1 aliphatic carbocycles. The van der Waals surface area contributed by atoms with E-state index in [-0.39, 0.29) is 17.9 Å². The molecule has 3 rings (SSSR count). The molecular formula is C14H13NO3. The third-order valence-electron chi connectivity index (χ3n) is 3.35. The van der Waals surface area contributed by atoms with Gasteiger partial charge in [0.1, 0.15) is 0 Å². The fourth-order valence-electron chi connectivity index (χ4n) is 2.47. The summed E-state index contributed by atoms with van der Waals surface area (Å²) in [6, 6.07) is 6.71. The Morgan fingerprint density at radius 1 is 1.28 bits per heavy atom. The Bertz CT molecular complexity index is 638. The van der Waals surface area contributed by atoms with Gasteiger partial charge in [-0.25, -0.2) is 0 Å². The van der Waals surface area contributed by atoms with Crippen LogP contribution in [0.3, 0.4) is 0 Å². The second-order valence-corrected chi connectivity index (χ2v) is 4.48. The average Bonchev–Trinajstić information content (AvgIpc) is 3.02. The number of hydrogen-bond donors (Lipinski definition) is 0. The molecule has 0 aliphatic heterocycles. The lowest BCUT2D eigenvalue weighted by Gasteiger charge is -2.10. The Morgan fingerprint density at radius 2 is 2.17 bits per heavy atom. The van der Waals surface area contributed by atoms with Crippen molar-refractivity contribution in [3.05, 3.63) is 57.9 Å². The van der Waals surface area contributed by atoms with Gasteiger partial charge in [0.15, 0.2) is 5.76 Å². The number of furan rings is 1. The van der Waals surface area contributed by atoms with Crippen LogP contribution in [-0.2, 0) is 19.4 Å². The van der Waals surface area contributed by atoms with Gasteiger partial charge in [-0.1, -0.05) is 6.07 Å². The van der Waals surface area contributed by atoms with Crippen LogP contribution in [0, 0.1) is 0 Å². The molecule has 0 unspecified atom stereocenters. The average molecular weight is 243 g/mol. The summed E-state index contributed by atoms with van der Waals surface area (Å²) in [6.45, 7) is 0.0650. The zero-order valence-corrected chi connectivity index (χ0v) is 9.89. The SMILES string of the molecule is O=C(Cn1c2c(ccc1=O)CCC2)c1ccco1. The molecule has 4 nitrogen and oxygen atoms in total. The maximum absolute atomic E-state index is 12.0. The van der Waals surface area contributed by atoms with Gasteiger partial charge in [-0.15, -0.1) is 0 Å². The van der Waals surface area contributed by atoms with E-state index in [1.54, 1.807) is 22.8 Å². The fraction of sp³-hybridized carbons (Fsp3) is 0.286. The van der Waals surface area contributed by atoms with Gasteiger partial charge in [-0.3, -0.25) is 9.59 Å². The first-order chi connectivity index (χ1) is 8.75. The van der Waals surface area contributed by atoms with E-state index in [1.807, 2.05) is 6.07 Å². The molecule has 92 valence electrons. The summed E-state index contributed by atoms with van der Waals surface area (Å²) in [5, 5.41) is 0. The highest BCUT2D eigenvalue weighted by Gasteiger charge is 2.18. The first-order valence-corrected chi connectivity index (χ1v) is 6.04. The van der Waals surface area contributed by atoms with Crippen LogP contribution >= 0.6 is 0 Å². The minimum Gasteiger partial charge on any atom is -0.461 e. The smallest absolute Gasteiger partial charge is 0.251 e. The van der Waals surface area contributed by atoms with Gasteiger partial charge >= 0.3 is 0 Å². The molecule has 4 heteroatoms. The number of ketones is 1. The van der Waals surface area contributed by atoms with Gasteiger partial charge in [-0.05, 0) is 37.0 Å². The maximum atomic E-state index is 12.0. The van der Waals surface area contributed by atoms with Crippen LogP contribution in [-0.4, -0.2) is 10.4 Å². The third-order valence-corrected chi connectivity index (χ3v) is 3.35. The van der Waals surface area contributed by atoms with Crippen LogP contribution in [0.25, 0.3) is 0 Å². The van der Waals surface area contributed by atoms with Crippen LogP contribution in [0.5, 0.6) is 0 Å². The molecular weight excluding hydrogens is 230 g/mol. The van der Waals surface area contributed by atoms with Crippen LogP contribution in [0.15, 0.2) is 39.7 Å². The summed E-state index contributed by atoms with van der Waals surface area (Å²) < 4.78 is 6.64. The lowest BCUT2D eigenvalue weighted by Crippen LogP contribution is -2.26. The first kappa shape index (κ1) is 11.0. The molecule has 0 N–H and O–H groups in total. The largest absolute Gasteiger partial charge is 0.461 e. The van der Waals surface area contributed by atoms with Crippen molar-refractivity contribution in [3.63, 3.8) is 0 Å². The third kappa shape index (κ3) is 1.79. The lowest BCUT2D eigenvalue weighted by molar-refractivity contribution is 0.0942. The van der Waals surface area contributed by atoms with Crippen LogP contribution in [0.4, 0.5) is 0 Å². The summed E-state index contributed by atoms with van der Waals surface area (Å²) in [7, 11) is 0. The number of fused-ring (bicyclic) bond motifs is 1. The normalized spacial score (nSPS) is 13.6. The summed E-state index contributed by atoms with van der Waals surface area (Å²) in [5.74, 6) is 0.139. The van der Waals surface area contributed by atoms with E-state index >= 15 is 0 Å². The Hall–Kier alpha value is -2.10. The van der Waals surface area contributed by atoms with Crippen molar-refractivity contribution in [2.75, 3.05) is 0 Å². The molecule has 0 fully saturated rings. The van der Waals surface area contributed by atoms with E-state index in [9.17, 15) is 9.59 Å². The topological polar surface area (TPSA) is 52.2 Å². The molecule has 18 heavy (non-hydrogen) atoms. The molecule has 0 aromatic carbocycles. The summed E-state index contributed by atoms with van der Waals surface area (Å²) in [4.78, 5) is 23.8. The summed E-state index contributed by atoms with van der Waals surface area (Å²) in [6.07, 6.45) is 4.38. The van der Waals surface area contributed by atoms with E-state index in [0.717, 1.165) is 25.0 Å². The number of carbonyl (C=O) groups excluding carboxylic acids is 1. The number of nitrogens with zero attached hydrogens (tertiary/aromatic N) is 1. The second-order valence-electron chi connectivity index (χ2n) is 4.48. The number of hydrogen-bond acceptors (Lipinski definition) is 3. The molecule has 2 aromatic heterocycles. The van der Waals surface area contributed by atoms with E-state index in [2.05, 4.69) is 0 Å². The maximum Gasteiger partial charge on any atom is 0.251 e. The highest BCUT2D eigenvalue weighted by atomic mass is 16.3.